The Morgan fingerprint density at radius 2 is 2.33 bits per heavy atom. The van der Waals surface area contributed by atoms with Crippen molar-refractivity contribution < 1.29 is 5.11 Å². The maximum Gasteiger partial charge on any atom is 0.126 e. The zero-order chi connectivity index (χ0) is 11.3. The molecule has 0 aliphatic carbocycles. The highest BCUT2D eigenvalue weighted by atomic mass is 35.5. The second-order valence-corrected chi connectivity index (χ2v) is 4.76. The van der Waals surface area contributed by atoms with Crippen molar-refractivity contribution in [2.45, 2.75) is 18.2 Å². The Labute approximate surface area is 99.2 Å². The molecule has 0 amide bonds. The standard InChI is InChI=1S/C10H15ClN2OS/c1-7(9(6-14)15-2)13-10-4-3-8(11)5-12-10/h3-5,7,9,14H,6H2,1-2H3,(H,12,13). The largest absolute Gasteiger partial charge is 0.395 e. The summed E-state index contributed by atoms with van der Waals surface area (Å²) in [5.41, 5.74) is 0. The van der Waals surface area contributed by atoms with Gasteiger partial charge in [-0.15, -0.1) is 0 Å². The van der Waals surface area contributed by atoms with E-state index in [1.54, 1.807) is 24.0 Å². The summed E-state index contributed by atoms with van der Waals surface area (Å²) in [6.45, 7) is 2.18. The van der Waals surface area contributed by atoms with Gasteiger partial charge in [-0.05, 0) is 25.3 Å². The molecule has 84 valence electrons. The minimum absolute atomic E-state index is 0.156. The van der Waals surface area contributed by atoms with Crippen LogP contribution in [0.5, 0.6) is 0 Å². The first-order chi connectivity index (χ1) is 7.17. The SMILES string of the molecule is CSC(CO)C(C)Nc1ccc(Cl)cn1. The van der Waals surface area contributed by atoms with E-state index in [9.17, 15) is 0 Å². The summed E-state index contributed by atoms with van der Waals surface area (Å²) in [5.74, 6) is 0.777. The molecule has 0 radical (unpaired) electrons. The summed E-state index contributed by atoms with van der Waals surface area (Å²) >= 11 is 7.37. The van der Waals surface area contributed by atoms with E-state index in [4.69, 9.17) is 16.7 Å². The van der Waals surface area contributed by atoms with Crippen LogP contribution >= 0.6 is 23.4 Å². The number of aliphatic hydroxyl groups is 1. The van der Waals surface area contributed by atoms with Gasteiger partial charge in [-0.1, -0.05) is 11.6 Å². The minimum Gasteiger partial charge on any atom is -0.395 e. The first-order valence-corrected chi connectivity index (χ1v) is 6.35. The Morgan fingerprint density at radius 3 is 2.80 bits per heavy atom. The van der Waals surface area contributed by atoms with Crippen LogP contribution in [-0.2, 0) is 0 Å². The molecule has 15 heavy (non-hydrogen) atoms. The predicted octanol–water partition coefficient (Wildman–Crippen LogP) is 2.26. The molecule has 0 saturated heterocycles. The summed E-state index contributed by atoms with van der Waals surface area (Å²) in [5, 5.41) is 13.1. The number of rotatable bonds is 5. The van der Waals surface area contributed by atoms with Crippen molar-refractivity contribution in [3.63, 3.8) is 0 Å². The third-order valence-corrected chi connectivity index (χ3v) is 3.53. The van der Waals surface area contributed by atoms with E-state index < -0.39 is 0 Å². The predicted molar refractivity (Wildman–Crippen MR) is 66.7 cm³/mol. The Morgan fingerprint density at radius 1 is 1.60 bits per heavy atom. The smallest absolute Gasteiger partial charge is 0.126 e. The zero-order valence-corrected chi connectivity index (χ0v) is 10.3. The number of aromatic nitrogens is 1. The molecule has 0 aliphatic heterocycles. The number of pyridine rings is 1. The maximum atomic E-state index is 9.12. The molecule has 5 heteroatoms. The number of aliphatic hydroxyl groups excluding tert-OH is 1. The van der Waals surface area contributed by atoms with Gasteiger partial charge >= 0.3 is 0 Å². The van der Waals surface area contributed by atoms with E-state index in [0.717, 1.165) is 5.82 Å². The van der Waals surface area contributed by atoms with Crippen LogP contribution in [0, 0.1) is 0 Å². The van der Waals surface area contributed by atoms with Crippen molar-refractivity contribution >= 4 is 29.2 Å². The zero-order valence-electron chi connectivity index (χ0n) is 8.77. The molecule has 0 aliphatic rings. The van der Waals surface area contributed by atoms with Crippen LogP contribution in [0.15, 0.2) is 18.3 Å². The lowest BCUT2D eigenvalue weighted by Gasteiger charge is -2.21. The number of hydrogen-bond acceptors (Lipinski definition) is 4. The van der Waals surface area contributed by atoms with Crippen LogP contribution in [0.25, 0.3) is 0 Å². The first kappa shape index (κ1) is 12.6. The lowest BCUT2D eigenvalue weighted by atomic mass is 10.2. The highest BCUT2D eigenvalue weighted by molar-refractivity contribution is 7.99. The van der Waals surface area contributed by atoms with Crippen molar-refractivity contribution in [3.05, 3.63) is 23.4 Å². The van der Waals surface area contributed by atoms with Crippen LogP contribution in [-0.4, -0.2) is 34.2 Å². The highest BCUT2D eigenvalue weighted by Gasteiger charge is 2.14. The van der Waals surface area contributed by atoms with Crippen molar-refractivity contribution in [3.8, 4) is 0 Å². The van der Waals surface area contributed by atoms with Gasteiger partial charge in [-0.25, -0.2) is 4.98 Å². The molecule has 0 aromatic carbocycles. The summed E-state index contributed by atoms with van der Waals surface area (Å²) in [4.78, 5) is 4.14. The molecule has 2 N–H and O–H groups in total. The highest BCUT2D eigenvalue weighted by Crippen LogP contribution is 2.16. The van der Waals surface area contributed by atoms with Gasteiger partial charge in [-0.2, -0.15) is 11.8 Å². The van der Waals surface area contributed by atoms with Gasteiger partial charge < -0.3 is 10.4 Å². The molecule has 1 aromatic heterocycles. The van der Waals surface area contributed by atoms with Crippen LogP contribution in [0.1, 0.15) is 6.92 Å². The van der Waals surface area contributed by atoms with Gasteiger partial charge in [0.2, 0.25) is 0 Å². The molecule has 0 fully saturated rings. The van der Waals surface area contributed by atoms with Gasteiger partial charge in [-0.3, -0.25) is 0 Å². The fourth-order valence-corrected chi connectivity index (χ4v) is 1.96. The van der Waals surface area contributed by atoms with Crippen LogP contribution < -0.4 is 5.32 Å². The van der Waals surface area contributed by atoms with E-state index >= 15 is 0 Å². The van der Waals surface area contributed by atoms with Gasteiger partial charge in [0.15, 0.2) is 0 Å². The summed E-state index contributed by atoms with van der Waals surface area (Å²) in [6.07, 6.45) is 3.58. The van der Waals surface area contributed by atoms with Crippen molar-refractivity contribution in [2.75, 3.05) is 18.2 Å². The first-order valence-electron chi connectivity index (χ1n) is 4.69. The third-order valence-electron chi connectivity index (χ3n) is 2.14. The number of hydrogen-bond donors (Lipinski definition) is 2. The number of nitrogens with one attached hydrogen (secondary N) is 1. The Balaban J connectivity index is 2.57. The molecule has 2 atom stereocenters. The molecule has 1 aromatic rings. The normalized spacial score (nSPS) is 14.7. The molecular weight excluding hydrogens is 232 g/mol. The monoisotopic (exact) mass is 246 g/mol. The summed E-state index contributed by atoms with van der Waals surface area (Å²) in [6, 6.07) is 3.78. The van der Waals surface area contributed by atoms with Crippen LogP contribution in [0.2, 0.25) is 5.02 Å². The molecule has 2 unspecified atom stereocenters. The summed E-state index contributed by atoms with van der Waals surface area (Å²) in [7, 11) is 0. The molecular formula is C10H15ClN2OS. The fraction of sp³-hybridized carbons (Fsp3) is 0.500. The van der Waals surface area contributed by atoms with E-state index in [1.165, 1.54) is 0 Å². The van der Waals surface area contributed by atoms with Crippen molar-refractivity contribution in [1.29, 1.82) is 0 Å². The van der Waals surface area contributed by atoms with Gasteiger partial charge in [0, 0.05) is 17.5 Å². The molecule has 3 nitrogen and oxygen atoms in total. The van der Waals surface area contributed by atoms with Crippen molar-refractivity contribution in [1.82, 2.24) is 4.98 Å². The average molecular weight is 247 g/mol. The number of thioether (sulfide) groups is 1. The topological polar surface area (TPSA) is 45.1 Å². The van der Waals surface area contributed by atoms with E-state index in [-0.39, 0.29) is 17.9 Å². The van der Waals surface area contributed by atoms with Gasteiger partial charge in [0.25, 0.3) is 0 Å². The lowest BCUT2D eigenvalue weighted by Crippen LogP contribution is -2.31. The number of halogens is 1. The van der Waals surface area contributed by atoms with Crippen molar-refractivity contribution in [2.24, 2.45) is 0 Å². The van der Waals surface area contributed by atoms with E-state index in [1.807, 2.05) is 19.2 Å². The Hall–Kier alpha value is -0.450. The number of nitrogens with zero attached hydrogens (tertiary/aromatic N) is 1. The summed E-state index contributed by atoms with van der Waals surface area (Å²) < 4.78 is 0. The number of anilines is 1. The quantitative estimate of drug-likeness (QED) is 0.837. The van der Waals surface area contributed by atoms with Gasteiger partial charge in [0.05, 0.1) is 11.6 Å². The fourth-order valence-electron chi connectivity index (χ4n) is 1.22. The lowest BCUT2D eigenvalue weighted by molar-refractivity contribution is 0.288. The van der Waals surface area contributed by atoms with E-state index in [0.29, 0.717) is 5.02 Å². The van der Waals surface area contributed by atoms with Crippen LogP contribution in [0.4, 0.5) is 5.82 Å². The minimum atomic E-state index is 0.156. The molecule has 0 bridgehead atoms. The van der Waals surface area contributed by atoms with Crippen LogP contribution in [0.3, 0.4) is 0 Å². The Kier molecular flexibility index (Phi) is 5.22. The second kappa shape index (κ2) is 6.20. The molecule has 0 saturated carbocycles. The second-order valence-electron chi connectivity index (χ2n) is 3.25. The molecule has 1 heterocycles. The molecule has 0 spiro atoms. The Bertz CT molecular complexity index is 290. The van der Waals surface area contributed by atoms with E-state index in [2.05, 4.69) is 10.3 Å². The maximum absolute atomic E-state index is 9.12. The molecule has 1 rings (SSSR count). The average Bonchev–Trinajstić information content (AvgIpc) is 2.23. The third kappa shape index (κ3) is 3.89. The van der Waals surface area contributed by atoms with Gasteiger partial charge in [0.1, 0.15) is 5.82 Å².